The SMILES string of the molecule is CCNc1nc(C)nc2c1cnn2Cc1ccccc1C. The summed E-state index contributed by atoms with van der Waals surface area (Å²) in [6.07, 6.45) is 1.84. The summed E-state index contributed by atoms with van der Waals surface area (Å²) in [6.45, 7) is 7.63. The van der Waals surface area contributed by atoms with Crippen LogP contribution in [0.25, 0.3) is 11.0 Å². The summed E-state index contributed by atoms with van der Waals surface area (Å²) in [7, 11) is 0. The van der Waals surface area contributed by atoms with Crippen LogP contribution in [-0.2, 0) is 6.54 Å². The van der Waals surface area contributed by atoms with Crippen LogP contribution >= 0.6 is 0 Å². The fraction of sp³-hybridized carbons (Fsp3) is 0.312. The molecule has 0 saturated carbocycles. The summed E-state index contributed by atoms with van der Waals surface area (Å²) in [4.78, 5) is 9.01. The zero-order chi connectivity index (χ0) is 14.8. The summed E-state index contributed by atoms with van der Waals surface area (Å²) in [6, 6.07) is 8.35. The van der Waals surface area contributed by atoms with Gasteiger partial charge in [0.05, 0.1) is 18.1 Å². The lowest BCUT2D eigenvalue weighted by molar-refractivity contribution is 0.699. The van der Waals surface area contributed by atoms with Crippen LogP contribution in [0.3, 0.4) is 0 Å². The van der Waals surface area contributed by atoms with Crippen LogP contribution in [0.2, 0.25) is 0 Å². The van der Waals surface area contributed by atoms with E-state index in [-0.39, 0.29) is 0 Å². The number of aryl methyl sites for hydroxylation is 2. The fourth-order valence-electron chi connectivity index (χ4n) is 2.43. The normalized spacial score (nSPS) is 11.0. The third-order valence-electron chi connectivity index (χ3n) is 3.53. The van der Waals surface area contributed by atoms with Crippen molar-refractivity contribution in [2.24, 2.45) is 0 Å². The molecule has 0 atom stereocenters. The Morgan fingerprint density at radius 1 is 1.14 bits per heavy atom. The van der Waals surface area contributed by atoms with Crippen molar-refractivity contribution in [2.45, 2.75) is 27.3 Å². The van der Waals surface area contributed by atoms with E-state index in [4.69, 9.17) is 0 Å². The first-order chi connectivity index (χ1) is 10.2. The average Bonchev–Trinajstić information content (AvgIpc) is 2.85. The van der Waals surface area contributed by atoms with E-state index < -0.39 is 0 Å². The van der Waals surface area contributed by atoms with Crippen molar-refractivity contribution in [3.63, 3.8) is 0 Å². The van der Waals surface area contributed by atoms with Gasteiger partial charge in [0.1, 0.15) is 11.6 Å². The first-order valence-corrected chi connectivity index (χ1v) is 7.17. The van der Waals surface area contributed by atoms with Gasteiger partial charge in [-0.2, -0.15) is 5.10 Å². The van der Waals surface area contributed by atoms with Crippen molar-refractivity contribution in [3.8, 4) is 0 Å². The van der Waals surface area contributed by atoms with Gasteiger partial charge in [-0.05, 0) is 31.9 Å². The number of aromatic nitrogens is 4. The van der Waals surface area contributed by atoms with Crippen molar-refractivity contribution >= 4 is 16.9 Å². The summed E-state index contributed by atoms with van der Waals surface area (Å²) in [5.74, 6) is 1.61. The van der Waals surface area contributed by atoms with E-state index in [1.165, 1.54) is 11.1 Å². The highest BCUT2D eigenvalue weighted by molar-refractivity contribution is 5.86. The zero-order valence-corrected chi connectivity index (χ0v) is 12.6. The lowest BCUT2D eigenvalue weighted by atomic mass is 10.1. The lowest BCUT2D eigenvalue weighted by Crippen LogP contribution is -2.06. The number of nitrogens with one attached hydrogen (secondary N) is 1. The molecule has 0 fully saturated rings. The molecule has 0 aliphatic heterocycles. The van der Waals surface area contributed by atoms with Gasteiger partial charge >= 0.3 is 0 Å². The van der Waals surface area contributed by atoms with Crippen LogP contribution in [0.4, 0.5) is 5.82 Å². The van der Waals surface area contributed by atoms with Gasteiger partial charge in [-0.15, -0.1) is 0 Å². The summed E-state index contributed by atoms with van der Waals surface area (Å²) in [5, 5.41) is 8.73. The van der Waals surface area contributed by atoms with Gasteiger partial charge in [-0.1, -0.05) is 24.3 Å². The van der Waals surface area contributed by atoms with E-state index in [1.807, 2.05) is 17.8 Å². The van der Waals surface area contributed by atoms with Crippen molar-refractivity contribution in [1.82, 2.24) is 19.7 Å². The second-order valence-electron chi connectivity index (χ2n) is 5.12. The van der Waals surface area contributed by atoms with Crippen molar-refractivity contribution in [1.29, 1.82) is 0 Å². The van der Waals surface area contributed by atoms with Crippen molar-refractivity contribution < 1.29 is 0 Å². The average molecular weight is 281 g/mol. The van der Waals surface area contributed by atoms with Crippen LogP contribution in [0, 0.1) is 13.8 Å². The quantitative estimate of drug-likeness (QED) is 0.799. The highest BCUT2D eigenvalue weighted by Crippen LogP contribution is 2.21. The molecule has 0 bridgehead atoms. The number of benzene rings is 1. The maximum absolute atomic E-state index is 4.55. The number of hydrogen-bond acceptors (Lipinski definition) is 4. The van der Waals surface area contributed by atoms with Crippen LogP contribution < -0.4 is 5.32 Å². The molecule has 0 amide bonds. The fourth-order valence-corrected chi connectivity index (χ4v) is 2.43. The molecule has 3 aromatic rings. The van der Waals surface area contributed by atoms with Gasteiger partial charge in [0, 0.05) is 6.54 Å². The van der Waals surface area contributed by atoms with E-state index in [1.54, 1.807) is 0 Å². The molecule has 0 aliphatic carbocycles. The number of rotatable bonds is 4. The summed E-state index contributed by atoms with van der Waals surface area (Å²) >= 11 is 0. The van der Waals surface area contributed by atoms with Gasteiger partial charge in [0.25, 0.3) is 0 Å². The Morgan fingerprint density at radius 3 is 2.71 bits per heavy atom. The second kappa shape index (κ2) is 5.52. The standard InChI is InChI=1S/C16H19N5/c1-4-17-15-14-9-18-21(16(14)20-12(3)19-15)10-13-8-6-5-7-11(13)2/h5-9H,4,10H2,1-3H3,(H,17,19,20). The highest BCUT2D eigenvalue weighted by Gasteiger charge is 2.11. The van der Waals surface area contributed by atoms with Crippen LogP contribution in [0.1, 0.15) is 23.9 Å². The van der Waals surface area contributed by atoms with Gasteiger partial charge in [0.15, 0.2) is 5.65 Å². The smallest absolute Gasteiger partial charge is 0.163 e. The monoisotopic (exact) mass is 281 g/mol. The molecular formula is C16H19N5. The maximum Gasteiger partial charge on any atom is 0.163 e. The molecule has 2 heterocycles. The number of fused-ring (bicyclic) bond motifs is 1. The van der Waals surface area contributed by atoms with Crippen molar-refractivity contribution in [2.75, 3.05) is 11.9 Å². The van der Waals surface area contributed by atoms with E-state index in [0.717, 1.165) is 35.8 Å². The molecule has 1 N–H and O–H groups in total. The molecular weight excluding hydrogens is 262 g/mol. The molecule has 5 heteroatoms. The molecule has 5 nitrogen and oxygen atoms in total. The van der Waals surface area contributed by atoms with Gasteiger partial charge < -0.3 is 5.32 Å². The molecule has 0 spiro atoms. The summed E-state index contributed by atoms with van der Waals surface area (Å²) in [5.41, 5.74) is 3.39. The van der Waals surface area contributed by atoms with Gasteiger partial charge in [-0.3, -0.25) is 0 Å². The van der Waals surface area contributed by atoms with Crippen LogP contribution in [0.15, 0.2) is 30.5 Å². The minimum absolute atomic E-state index is 0.720. The Labute approximate surface area is 124 Å². The highest BCUT2D eigenvalue weighted by atomic mass is 15.3. The van der Waals surface area contributed by atoms with Crippen LogP contribution in [0.5, 0.6) is 0 Å². The Kier molecular flexibility index (Phi) is 3.56. The molecule has 21 heavy (non-hydrogen) atoms. The number of nitrogens with zero attached hydrogens (tertiary/aromatic N) is 4. The van der Waals surface area contributed by atoms with E-state index in [0.29, 0.717) is 0 Å². The largest absolute Gasteiger partial charge is 0.370 e. The summed E-state index contributed by atoms with van der Waals surface area (Å²) < 4.78 is 1.94. The molecule has 0 radical (unpaired) electrons. The molecule has 2 aromatic heterocycles. The topological polar surface area (TPSA) is 55.6 Å². The number of anilines is 1. The molecule has 1 aromatic carbocycles. The zero-order valence-electron chi connectivity index (χ0n) is 12.6. The number of hydrogen-bond donors (Lipinski definition) is 1. The predicted octanol–water partition coefficient (Wildman–Crippen LogP) is 2.92. The predicted molar refractivity (Wildman–Crippen MR) is 84.5 cm³/mol. The molecule has 0 unspecified atom stereocenters. The Hall–Kier alpha value is -2.43. The van der Waals surface area contributed by atoms with Gasteiger partial charge in [-0.25, -0.2) is 14.6 Å². The molecule has 3 rings (SSSR count). The van der Waals surface area contributed by atoms with E-state index in [9.17, 15) is 0 Å². The van der Waals surface area contributed by atoms with E-state index in [2.05, 4.69) is 58.5 Å². The Morgan fingerprint density at radius 2 is 1.95 bits per heavy atom. The van der Waals surface area contributed by atoms with Crippen LogP contribution in [-0.4, -0.2) is 26.3 Å². The third kappa shape index (κ3) is 2.59. The second-order valence-corrected chi connectivity index (χ2v) is 5.12. The minimum atomic E-state index is 0.720. The third-order valence-corrected chi connectivity index (χ3v) is 3.53. The Bertz CT molecular complexity index is 775. The first-order valence-electron chi connectivity index (χ1n) is 7.17. The maximum atomic E-state index is 4.55. The lowest BCUT2D eigenvalue weighted by Gasteiger charge is -2.08. The Balaban J connectivity index is 2.06. The van der Waals surface area contributed by atoms with Gasteiger partial charge in [0.2, 0.25) is 0 Å². The molecule has 0 saturated heterocycles. The van der Waals surface area contributed by atoms with E-state index >= 15 is 0 Å². The van der Waals surface area contributed by atoms with Crippen molar-refractivity contribution in [3.05, 3.63) is 47.4 Å². The minimum Gasteiger partial charge on any atom is -0.370 e. The first kappa shape index (κ1) is 13.5. The molecule has 108 valence electrons. The molecule has 0 aliphatic rings.